The Labute approximate surface area is 83.7 Å². The number of nitrogens with one attached hydrogen (secondary N) is 1. The van der Waals surface area contributed by atoms with Gasteiger partial charge in [-0.25, -0.2) is 0 Å². The van der Waals surface area contributed by atoms with Crippen LogP contribution in [0, 0.1) is 17.8 Å². The maximum atomic E-state index is 11.4. The van der Waals surface area contributed by atoms with Crippen molar-refractivity contribution >= 4 is 11.9 Å². The summed E-state index contributed by atoms with van der Waals surface area (Å²) in [6, 6.07) is 0. The number of amides is 1. The Morgan fingerprint density at radius 2 is 2.00 bits per heavy atom. The van der Waals surface area contributed by atoms with Crippen molar-refractivity contribution in [3.05, 3.63) is 0 Å². The van der Waals surface area contributed by atoms with Gasteiger partial charge in [-0.05, 0) is 18.8 Å². The number of carboxylic acid groups (broad SMARTS) is 1. The average Bonchev–Trinajstić information content (AvgIpc) is 2.95. The van der Waals surface area contributed by atoms with Crippen LogP contribution in [0.3, 0.4) is 0 Å². The van der Waals surface area contributed by atoms with Crippen LogP contribution in [-0.2, 0) is 9.59 Å². The first-order valence-electron chi connectivity index (χ1n) is 5.03. The number of hydrogen-bond donors (Lipinski definition) is 2. The molecule has 0 spiro atoms. The van der Waals surface area contributed by atoms with Crippen LogP contribution in [0.4, 0.5) is 0 Å². The third kappa shape index (κ3) is 3.01. The molecule has 1 rings (SSSR count). The van der Waals surface area contributed by atoms with Crippen LogP contribution in [0.1, 0.15) is 26.7 Å². The van der Waals surface area contributed by atoms with Gasteiger partial charge in [-0.1, -0.05) is 13.8 Å². The summed E-state index contributed by atoms with van der Waals surface area (Å²) in [5.41, 5.74) is 0. The van der Waals surface area contributed by atoms with Crippen molar-refractivity contribution in [2.45, 2.75) is 26.7 Å². The van der Waals surface area contributed by atoms with E-state index in [0.717, 1.165) is 12.8 Å². The molecule has 0 bridgehead atoms. The second-order valence-electron chi connectivity index (χ2n) is 4.11. The van der Waals surface area contributed by atoms with Gasteiger partial charge in [0.15, 0.2) is 0 Å². The SMILES string of the molecule is CC(CNC(=O)C(C)C1CC1)C(=O)O. The van der Waals surface area contributed by atoms with Crippen LogP contribution in [0.15, 0.2) is 0 Å². The topological polar surface area (TPSA) is 66.4 Å². The van der Waals surface area contributed by atoms with Gasteiger partial charge in [0, 0.05) is 12.5 Å². The molecule has 1 aliphatic carbocycles. The zero-order valence-electron chi connectivity index (χ0n) is 8.62. The summed E-state index contributed by atoms with van der Waals surface area (Å²) in [5.74, 6) is -0.832. The molecule has 0 heterocycles. The van der Waals surface area contributed by atoms with E-state index < -0.39 is 11.9 Å². The lowest BCUT2D eigenvalue weighted by Gasteiger charge is -2.12. The van der Waals surface area contributed by atoms with Crippen molar-refractivity contribution < 1.29 is 14.7 Å². The van der Waals surface area contributed by atoms with Crippen molar-refractivity contribution in [2.24, 2.45) is 17.8 Å². The van der Waals surface area contributed by atoms with Gasteiger partial charge in [-0.15, -0.1) is 0 Å². The zero-order chi connectivity index (χ0) is 10.7. The normalized spacial score (nSPS) is 19.9. The minimum Gasteiger partial charge on any atom is -0.481 e. The smallest absolute Gasteiger partial charge is 0.308 e. The van der Waals surface area contributed by atoms with Gasteiger partial charge in [-0.3, -0.25) is 9.59 Å². The maximum absolute atomic E-state index is 11.4. The monoisotopic (exact) mass is 199 g/mol. The van der Waals surface area contributed by atoms with Crippen molar-refractivity contribution in [3.8, 4) is 0 Å². The van der Waals surface area contributed by atoms with Crippen LogP contribution in [0.25, 0.3) is 0 Å². The Bertz CT molecular complexity index is 236. The second kappa shape index (κ2) is 4.44. The van der Waals surface area contributed by atoms with E-state index in [0.29, 0.717) is 5.92 Å². The molecule has 0 aromatic rings. The van der Waals surface area contributed by atoms with E-state index in [1.165, 1.54) is 0 Å². The molecule has 1 fully saturated rings. The number of carbonyl (C=O) groups excluding carboxylic acids is 1. The van der Waals surface area contributed by atoms with Crippen molar-refractivity contribution in [1.82, 2.24) is 5.32 Å². The summed E-state index contributed by atoms with van der Waals surface area (Å²) in [6.45, 7) is 3.72. The minimum atomic E-state index is -0.871. The highest BCUT2D eigenvalue weighted by atomic mass is 16.4. The largest absolute Gasteiger partial charge is 0.481 e. The molecule has 1 aliphatic rings. The standard InChI is InChI=1S/C10H17NO3/c1-6(10(13)14)5-11-9(12)7(2)8-3-4-8/h6-8H,3-5H2,1-2H3,(H,11,12)(H,13,14). The second-order valence-corrected chi connectivity index (χ2v) is 4.11. The molecule has 2 unspecified atom stereocenters. The van der Waals surface area contributed by atoms with Gasteiger partial charge < -0.3 is 10.4 Å². The van der Waals surface area contributed by atoms with Gasteiger partial charge >= 0.3 is 5.97 Å². The average molecular weight is 199 g/mol. The van der Waals surface area contributed by atoms with Crippen LogP contribution >= 0.6 is 0 Å². The summed E-state index contributed by atoms with van der Waals surface area (Å²) >= 11 is 0. The first-order valence-corrected chi connectivity index (χ1v) is 5.03. The number of carboxylic acids is 1. The lowest BCUT2D eigenvalue weighted by atomic mass is 10.1. The fourth-order valence-corrected chi connectivity index (χ4v) is 1.31. The number of rotatable bonds is 5. The Morgan fingerprint density at radius 3 is 2.43 bits per heavy atom. The van der Waals surface area contributed by atoms with E-state index >= 15 is 0 Å². The molecule has 1 saturated carbocycles. The summed E-state index contributed by atoms with van der Waals surface area (Å²) < 4.78 is 0. The third-order valence-electron chi connectivity index (χ3n) is 2.75. The molecule has 2 N–H and O–H groups in total. The summed E-state index contributed by atoms with van der Waals surface area (Å²) in [5, 5.41) is 11.3. The lowest BCUT2D eigenvalue weighted by molar-refractivity contribution is -0.141. The number of aliphatic carboxylic acids is 1. The van der Waals surface area contributed by atoms with E-state index in [1.54, 1.807) is 6.92 Å². The van der Waals surface area contributed by atoms with Crippen LogP contribution in [-0.4, -0.2) is 23.5 Å². The summed E-state index contributed by atoms with van der Waals surface area (Å²) in [4.78, 5) is 21.9. The highest BCUT2D eigenvalue weighted by Gasteiger charge is 2.32. The van der Waals surface area contributed by atoms with Gasteiger partial charge in [0.05, 0.1) is 5.92 Å². The Morgan fingerprint density at radius 1 is 1.43 bits per heavy atom. The van der Waals surface area contributed by atoms with Gasteiger partial charge in [0.25, 0.3) is 0 Å². The Hall–Kier alpha value is -1.06. The Kier molecular flexibility index (Phi) is 3.49. The molecule has 2 atom stereocenters. The molecule has 80 valence electrons. The van der Waals surface area contributed by atoms with Crippen LogP contribution in [0.2, 0.25) is 0 Å². The van der Waals surface area contributed by atoms with Gasteiger partial charge in [-0.2, -0.15) is 0 Å². The molecule has 14 heavy (non-hydrogen) atoms. The molecule has 4 nitrogen and oxygen atoms in total. The molecule has 0 aromatic carbocycles. The zero-order valence-corrected chi connectivity index (χ0v) is 8.62. The maximum Gasteiger partial charge on any atom is 0.308 e. The molecule has 0 radical (unpaired) electrons. The molecule has 0 aliphatic heterocycles. The predicted octanol–water partition coefficient (Wildman–Crippen LogP) is 0.869. The molecule has 0 aromatic heterocycles. The van der Waals surface area contributed by atoms with Crippen molar-refractivity contribution in [3.63, 3.8) is 0 Å². The molecular formula is C10H17NO3. The van der Waals surface area contributed by atoms with E-state index in [1.807, 2.05) is 6.92 Å². The van der Waals surface area contributed by atoms with Crippen LogP contribution in [0.5, 0.6) is 0 Å². The lowest BCUT2D eigenvalue weighted by Crippen LogP contribution is -2.35. The highest BCUT2D eigenvalue weighted by molar-refractivity contribution is 5.79. The highest BCUT2D eigenvalue weighted by Crippen LogP contribution is 2.36. The van der Waals surface area contributed by atoms with E-state index in [2.05, 4.69) is 5.32 Å². The Balaban J connectivity index is 2.23. The molecular weight excluding hydrogens is 182 g/mol. The van der Waals surface area contributed by atoms with Crippen molar-refractivity contribution in [2.75, 3.05) is 6.54 Å². The van der Waals surface area contributed by atoms with Gasteiger partial charge in [0.1, 0.15) is 0 Å². The summed E-state index contributed by atoms with van der Waals surface area (Å²) in [6.07, 6.45) is 2.26. The minimum absolute atomic E-state index is 0.0133. The van der Waals surface area contributed by atoms with Crippen LogP contribution < -0.4 is 5.32 Å². The fourth-order valence-electron chi connectivity index (χ4n) is 1.31. The van der Waals surface area contributed by atoms with E-state index in [9.17, 15) is 9.59 Å². The third-order valence-corrected chi connectivity index (χ3v) is 2.75. The van der Waals surface area contributed by atoms with Crippen molar-refractivity contribution in [1.29, 1.82) is 0 Å². The number of hydrogen-bond acceptors (Lipinski definition) is 2. The van der Waals surface area contributed by atoms with E-state index in [-0.39, 0.29) is 18.4 Å². The quantitative estimate of drug-likeness (QED) is 0.690. The van der Waals surface area contributed by atoms with Gasteiger partial charge in [0.2, 0.25) is 5.91 Å². The molecule has 4 heteroatoms. The first-order chi connectivity index (χ1) is 6.52. The number of carbonyl (C=O) groups is 2. The van der Waals surface area contributed by atoms with E-state index in [4.69, 9.17) is 5.11 Å². The summed E-state index contributed by atoms with van der Waals surface area (Å²) in [7, 11) is 0. The molecule has 1 amide bonds. The molecule has 0 saturated heterocycles. The first kappa shape index (κ1) is 11.0. The fraction of sp³-hybridized carbons (Fsp3) is 0.800. The predicted molar refractivity (Wildman–Crippen MR) is 51.7 cm³/mol.